The van der Waals surface area contributed by atoms with Gasteiger partial charge in [-0.2, -0.15) is 20.5 Å². The molecule has 6 nitrogen and oxygen atoms in total. The number of nitrogens with two attached hydrogens (primary N) is 1. The zero-order valence-electron chi connectivity index (χ0n) is 8.10. The van der Waals surface area contributed by atoms with E-state index < -0.39 is 0 Å². The molecule has 0 saturated heterocycles. The molecule has 0 fully saturated rings. The van der Waals surface area contributed by atoms with Crippen molar-refractivity contribution >= 4 is 0 Å². The van der Waals surface area contributed by atoms with E-state index >= 15 is 0 Å². The van der Waals surface area contributed by atoms with Gasteiger partial charge in [-0.1, -0.05) is 0 Å². The quantitative estimate of drug-likeness (QED) is 0.695. The number of aromatic nitrogens is 5. The van der Waals surface area contributed by atoms with Crippen molar-refractivity contribution in [1.82, 2.24) is 25.2 Å². The molecule has 2 aromatic rings. The molecule has 1 unspecified atom stereocenters. The van der Waals surface area contributed by atoms with Crippen molar-refractivity contribution in [2.24, 2.45) is 12.8 Å². The van der Waals surface area contributed by atoms with Gasteiger partial charge in [0.05, 0.1) is 24.1 Å². The fourth-order valence-corrected chi connectivity index (χ4v) is 1.50. The minimum absolute atomic E-state index is 0.277. The summed E-state index contributed by atoms with van der Waals surface area (Å²) in [6.45, 7) is 1.97. The van der Waals surface area contributed by atoms with E-state index in [0.717, 1.165) is 17.0 Å². The zero-order chi connectivity index (χ0) is 10.1. The van der Waals surface area contributed by atoms with Crippen LogP contribution < -0.4 is 5.73 Å². The van der Waals surface area contributed by atoms with Gasteiger partial charge >= 0.3 is 0 Å². The summed E-state index contributed by atoms with van der Waals surface area (Å²) in [5, 5.41) is 14.3. The predicted molar refractivity (Wildman–Crippen MR) is 50.4 cm³/mol. The lowest BCUT2D eigenvalue weighted by Crippen LogP contribution is -2.17. The number of aryl methyl sites for hydroxylation is 2. The van der Waals surface area contributed by atoms with Gasteiger partial charge in [-0.3, -0.25) is 4.68 Å². The average Bonchev–Trinajstić information content (AvgIpc) is 2.75. The standard InChI is InChI=1S/C8H12N6/c1-5-3-11-14(2)8(5)7(9)6-4-10-13-12-6/h3-4,7H,9H2,1-2H3,(H,10,12,13). The number of hydrogen-bond acceptors (Lipinski definition) is 4. The third kappa shape index (κ3) is 1.29. The van der Waals surface area contributed by atoms with Crippen LogP contribution in [0.2, 0.25) is 0 Å². The molecule has 0 aliphatic heterocycles. The molecule has 0 saturated carbocycles. The summed E-state index contributed by atoms with van der Waals surface area (Å²) in [7, 11) is 1.86. The van der Waals surface area contributed by atoms with Gasteiger partial charge < -0.3 is 5.73 Å². The molecule has 0 aromatic carbocycles. The van der Waals surface area contributed by atoms with Crippen molar-refractivity contribution in [2.45, 2.75) is 13.0 Å². The topological polar surface area (TPSA) is 85.4 Å². The molecule has 2 rings (SSSR count). The van der Waals surface area contributed by atoms with Crippen molar-refractivity contribution in [2.75, 3.05) is 0 Å². The van der Waals surface area contributed by atoms with Crippen LogP contribution in [0, 0.1) is 6.92 Å². The normalized spacial score (nSPS) is 13.1. The number of rotatable bonds is 2. The van der Waals surface area contributed by atoms with Gasteiger partial charge in [-0.05, 0) is 12.5 Å². The van der Waals surface area contributed by atoms with Crippen LogP contribution >= 0.6 is 0 Å². The number of nitrogens with zero attached hydrogens (tertiary/aromatic N) is 4. The molecule has 0 aliphatic rings. The number of nitrogens with one attached hydrogen (secondary N) is 1. The Morgan fingerprint density at radius 1 is 1.50 bits per heavy atom. The maximum Gasteiger partial charge on any atom is 0.105 e. The molecule has 2 heterocycles. The van der Waals surface area contributed by atoms with Gasteiger partial charge in [0, 0.05) is 7.05 Å². The van der Waals surface area contributed by atoms with Crippen LogP contribution in [0.4, 0.5) is 0 Å². The molecular weight excluding hydrogens is 180 g/mol. The lowest BCUT2D eigenvalue weighted by molar-refractivity contribution is 0.659. The van der Waals surface area contributed by atoms with Gasteiger partial charge in [0.25, 0.3) is 0 Å². The van der Waals surface area contributed by atoms with Crippen LogP contribution in [0.1, 0.15) is 23.0 Å². The number of aromatic amines is 1. The van der Waals surface area contributed by atoms with E-state index in [4.69, 9.17) is 5.73 Å². The van der Waals surface area contributed by atoms with Gasteiger partial charge in [-0.15, -0.1) is 0 Å². The molecular formula is C8H12N6. The fourth-order valence-electron chi connectivity index (χ4n) is 1.50. The lowest BCUT2D eigenvalue weighted by Gasteiger charge is -2.09. The summed E-state index contributed by atoms with van der Waals surface area (Å²) in [4.78, 5) is 0. The lowest BCUT2D eigenvalue weighted by atomic mass is 10.1. The largest absolute Gasteiger partial charge is 0.318 e. The molecule has 1 atom stereocenters. The Kier molecular flexibility index (Phi) is 2.05. The van der Waals surface area contributed by atoms with Gasteiger partial charge in [0.1, 0.15) is 5.69 Å². The first-order valence-corrected chi connectivity index (χ1v) is 4.30. The molecule has 0 aliphatic carbocycles. The maximum atomic E-state index is 6.02. The Morgan fingerprint density at radius 2 is 2.29 bits per heavy atom. The van der Waals surface area contributed by atoms with Crippen molar-refractivity contribution in [3.8, 4) is 0 Å². The van der Waals surface area contributed by atoms with Crippen molar-refractivity contribution in [3.05, 3.63) is 29.3 Å². The van der Waals surface area contributed by atoms with E-state index in [1.807, 2.05) is 14.0 Å². The molecule has 6 heteroatoms. The van der Waals surface area contributed by atoms with E-state index in [9.17, 15) is 0 Å². The highest BCUT2D eigenvalue weighted by Crippen LogP contribution is 2.19. The minimum atomic E-state index is -0.277. The Bertz CT molecular complexity index is 395. The third-order valence-corrected chi connectivity index (χ3v) is 2.22. The molecule has 2 aromatic heterocycles. The molecule has 0 bridgehead atoms. The maximum absolute atomic E-state index is 6.02. The smallest absolute Gasteiger partial charge is 0.105 e. The van der Waals surface area contributed by atoms with Crippen LogP contribution in [-0.4, -0.2) is 25.2 Å². The van der Waals surface area contributed by atoms with Crippen LogP contribution in [0.3, 0.4) is 0 Å². The van der Waals surface area contributed by atoms with Gasteiger partial charge in [-0.25, -0.2) is 0 Å². The number of hydrogen-bond donors (Lipinski definition) is 2. The first-order chi connectivity index (χ1) is 6.70. The van der Waals surface area contributed by atoms with E-state index in [1.54, 1.807) is 17.1 Å². The second-order valence-corrected chi connectivity index (χ2v) is 3.21. The Hall–Kier alpha value is -1.69. The predicted octanol–water partition coefficient (Wildman–Crippen LogP) is -0.105. The van der Waals surface area contributed by atoms with Crippen LogP contribution in [-0.2, 0) is 7.05 Å². The molecule has 74 valence electrons. The van der Waals surface area contributed by atoms with Crippen molar-refractivity contribution < 1.29 is 0 Å². The van der Waals surface area contributed by atoms with E-state index in [1.165, 1.54) is 0 Å². The molecule has 14 heavy (non-hydrogen) atoms. The van der Waals surface area contributed by atoms with Crippen molar-refractivity contribution in [1.29, 1.82) is 0 Å². The Morgan fingerprint density at radius 3 is 2.79 bits per heavy atom. The van der Waals surface area contributed by atoms with E-state index in [-0.39, 0.29) is 6.04 Å². The van der Waals surface area contributed by atoms with Gasteiger partial charge in [0.2, 0.25) is 0 Å². The van der Waals surface area contributed by atoms with Crippen LogP contribution in [0.25, 0.3) is 0 Å². The van der Waals surface area contributed by atoms with Crippen molar-refractivity contribution in [3.63, 3.8) is 0 Å². The van der Waals surface area contributed by atoms with Gasteiger partial charge in [0.15, 0.2) is 0 Å². The number of H-pyrrole nitrogens is 1. The second-order valence-electron chi connectivity index (χ2n) is 3.21. The SMILES string of the molecule is Cc1cnn(C)c1C(N)c1cn[nH]n1. The van der Waals surface area contributed by atoms with Crippen LogP contribution in [0.5, 0.6) is 0 Å². The first kappa shape index (κ1) is 8.89. The summed E-state index contributed by atoms with van der Waals surface area (Å²) in [5.41, 5.74) is 8.76. The highest BCUT2D eigenvalue weighted by molar-refractivity contribution is 5.25. The molecule has 3 N–H and O–H groups in total. The second kappa shape index (κ2) is 3.22. The molecule has 0 radical (unpaired) electrons. The summed E-state index contributed by atoms with van der Waals surface area (Å²) in [5.74, 6) is 0. The Labute approximate surface area is 81.1 Å². The summed E-state index contributed by atoms with van der Waals surface area (Å²) in [6.07, 6.45) is 3.41. The Balaban J connectivity index is 2.41. The third-order valence-electron chi connectivity index (χ3n) is 2.22. The summed E-state index contributed by atoms with van der Waals surface area (Å²) in [6, 6.07) is -0.277. The molecule has 0 amide bonds. The minimum Gasteiger partial charge on any atom is -0.318 e. The summed E-state index contributed by atoms with van der Waals surface area (Å²) < 4.78 is 1.76. The fraction of sp³-hybridized carbons (Fsp3) is 0.375. The molecule has 0 spiro atoms. The van der Waals surface area contributed by atoms with E-state index in [0.29, 0.717) is 0 Å². The zero-order valence-corrected chi connectivity index (χ0v) is 8.10. The van der Waals surface area contributed by atoms with Crippen LogP contribution in [0.15, 0.2) is 12.4 Å². The monoisotopic (exact) mass is 192 g/mol. The van der Waals surface area contributed by atoms with E-state index in [2.05, 4.69) is 20.5 Å². The average molecular weight is 192 g/mol. The highest BCUT2D eigenvalue weighted by Gasteiger charge is 2.17. The summed E-state index contributed by atoms with van der Waals surface area (Å²) >= 11 is 0. The first-order valence-electron chi connectivity index (χ1n) is 4.30. The highest BCUT2D eigenvalue weighted by atomic mass is 15.3.